The van der Waals surface area contributed by atoms with Gasteiger partial charge in [0.2, 0.25) is 0 Å². The fraction of sp³-hybridized carbons (Fsp3) is 0.381. The lowest BCUT2D eigenvalue weighted by Gasteiger charge is -2.15. The number of rotatable bonds is 9. The van der Waals surface area contributed by atoms with Crippen molar-refractivity contribution >= 4 is 21.6 Å². The summed E-state index contributed by atoms with van der Waals surface area (Å²) in [6.45, 7) is 1.71. The zero-order valence-electron chi connectivity index (χ0n) is 17.6. The molecule has 1 aromatic carbocycles. The van der Waals surface area contributed by atoms with Crippen molar-refractivity contribution in [1.82, 2.24) is 15.3 Å². The quantitative estimate of drug-likeness (QED) is 0.607. The van der Waals surface area contributed by atoms with E-state index >= 15 is 0 Å². The Morgan fingerprint density at radius 3 is 2.77 bits per heavy atom. The number of halogens is 1. The van der Waals surface area contributed by atoms with E-state index in [1.54, 1.807) is 19.1 Å². The van der Waals surface area contributed by atoms with Crippen molar-refractivity contribution in [3.8, 4) is 5.75 Å². The highest BCUT2D eigenvalue weighted by atomic mass is 32.2. The van der Waals surface area contributed by atoms with Crippen LogP contribution in [0.25, 0.3) is 0 Å². The van der Waals surface area contributed by atoms with Crippen molar-refractivity contribution in [2.45, 2.75) is 38.3 Å². The summed E-state index contributed by atoms with van der Waals surface area (Å²) in [5.41, 5.74) is 0.492. The Balaban J connectivity index is 1.83. The number of aromatic nitrogens is 2. The van der Waals surface area contributed by atoms with Crippen molar-refractivity contribution in [2.75, 3.05) is 18.7 Å². The Bertz CT molecular complexity index is 1100. The standard InChI is InChI=1S/C21H25FN4O4S/c1-13(9-10-31(3,28)29)25-21(27)16-12-23-19(14-7-8-14)26-20(16)24-11-15-17(22)5-4-6-18(15)30-2/h4-6,9-10,12-14H,7-8,11H2,1-3H3,(H,25,27)(H,23,24,26)/b10-9+/t13-/m0/s1. The largest absolute Gasteiger partial charge is 0.496 e. The van der Waals surface area contributed by atoms with Crippen molar-refractivity contribution in [3.63, 3.8) is 0 Å². The fourth-order valence-electron chi connectivity index (χ4n) is 2.90. The van der Waals surface area contributed by atoms with Crippen LogP contribution in [-0.2, 0) is 16.4 Å². The van der Waals surface area contributed by atoms with E-state index in [2.05, 4.69) is 20.6 Å². The number of hydrogen-bond donors (Lipinski definition) is 2. The average Bonchev–Trinajstić information content (AvgIpc) is 3.56. The molecule has 10 heteroatoms. The minimum absolute atomic E-state index is 0.0563. The second-order valence-electron chi connectivity index (χ2n) is 7.46. The molecule has 0 aliphatic heterocycles. The van der Waals surface area contributed by atoms with Crippen LogP contribution in [-0.4, -0.2) is 43.7 Å². The van der Waals surface area contributed by atoms with Crippen molar-refractivity contribution in [2.24, 2.45) is 0 Å². The van der Waals surface area contributed by atoms with Crippen LogP contribution in [0.5, 0.6) is 5.75 Å². The molecule has 166 valence electrons. The molecule has 1 heterocycles. The van der Waals surface area contributed by atoms with Gasteiger partial charge in [-0.1, -0.05) is 12.1 Å². The van der Waals surface area contributed by atoms with Gasteiger partial charge in [-0.25, -0.2) is 22.8 Å². The number of carbonyl (C=O) groups is 1. The molecule has 1 atom stereocenters. The number of methoxy groups -OCH3 is 1. The summed E-state index contributed by atoms with van der Waals surface area (Å²) >= 11 is 0. The first-order valence-electron chi connectivity index (χ1n) is 9.79. The van der Waals surface area contributed by atoms with Crippen LogP contribution in [0.3, 0.4) is 0 Å². The summed E-state index contributed by atoms with van der Waals surface area (Å²) in [6.07, 6.45) is 5.86. The van der Waals surface area contributed by atoms with Gasteiger partial charge in [0, 0.05) is 41.9 Å². The molecule has 2 aromatic rings. The summed E-state index contributed by atoms with van der Waals surface area (Å²) in [6, 6.07) is 4.00. The number of amides is 1. The highest BCUT2D eigenvalue weighted by Gasteiger charge is 2.28. The van der Waals surface area contributed by atoms with Crippen LogP contribution < -0.4 is 15.4 Å². The van der Waals surface area contributed by atoms with E-state index in [1.165, 1.54) is 25.4 Å². The van der Waals surface area contributed by atoms with E-state index in [4.69, 9.17) is 4.74 Å². The molecule has 31 heavy (non-hydrogen) atoms. The minimum atomic E-state index is -3.30. The Morgan fingerprint density at radius 2 is 2.13 bits per heavy atom. The third-order valence-electron chi connectivity index (χ3n) is 4.70. The molecule has 2 N–H and O–H groups in total. The minimum Gasteiger partial charge on any atom is -0.496 e. The molecule has 0 bridgehead atoms. The molecule has 1 saturated carbocycles. The molecule has 8 nitrogen and oxygen atoms in total. The molecule has 1 aliphatic carbocycles. The van der Waals surface area contributed by atoms with Gasteiger partial charge in [0.05, 0.1) is 7.11 Å². The average molecular weight is 449 g/mol. The normalized spacial score (nSPS) is 15.0. The SMILES string of the molecule is COc1cccc(F)c1CNc1nc(C2CC2)ncc1C(=O)N[C@@H](C)/C=C/S(C)(=O)=O. The van der Waals surface area contributed by atoms with E-state index in [0.29, 0.717) is 17.1 Å². The topological polar surface area (TPSA) is 110 Å². The van der Waals surface area contributed by atoms with E-state index < -0.39 is 27.6 Å². The van der Waals surface area contributed by atoms with E-state index in [9.17, 15) is 17.6 Å². The van der Waals surface area contributed by atoms with Crippen LogP contribution in [0.1, 0.15) is 47.4 Å². The molecule has 1 amide bonds. The zero-order chi connectivity index (χ0) is 22.6. The lowest BCUT2D eigenvalue weighted by atomic mass is 10.1. The third kappa shape index (κ3) is 6.24. The monoisotopic (exact) mass is 448 g/mol. The summed E-state index contributed by atoms with van der Waals surface area (Å²) in [5.74, 6) is 0.639. The second-order valence-corrected chi connectivity index (χ2v) is 9.39. The zero-order valence-corrected chi connectivity index (χ0v) is 18.4. The van der Waals surface area contributed by atoms with E-state index in [1.807, 2.05) is 0 Å². The Morgan fingerprint density at radius 1 is 1.39 bits per heavy atom. The summed E-state index contributed by atoms with van der Waals surface area (Å²) in [5, 5.41) is 6.77. The Hall–Kier alpha value is -3.01. The molecule has 0 saturated heterocycles. The molecule has 0 spiro atoms. The van der Waals surface area contributed by atoms with E-state index in [-0.39, 0.29) is 23.8 Å². The van der Waals surface area contributed by atoms with Gasteiger partial charge < -0.3 is 15.4 Å². The van der Waals surface area contributed by atoms with Crippen LogP contribution >= 0.6 is 0 Å². The van der Waals surface area contributed by atoms with Crippen molar-refractivity contribution < 1.29 is 22.3 Å². The maximum absolute atomic E-state index is 14.3. The number of carbonyl (C=O) groups excluding carboxylic acids is 1. The van der Waals surface area contributed by atoms with Crippen molar-refractivity contribution in [1.29, 1.82) is 0 Å². The summed E-state index contributed by atoms with van der Waals surface area (Å²) in [4.78, 5) is 21.6. The molecule has 3 rings (SSSR count). The molecule has 0 radical (unpaired) electrons. The van der Waals surface area contributed by atoms with Crippen molar-refractivity contribution in [3.05, 3.63) is 58.6 Å². The van der Waals surface area contributed by atoms with Crippen LogP contribution in [0.4, 0.5) is 10.2 Å². The van der Waals surface area contributed by atoms with Crippen LogP contribution in [0.2, 0.25) is 0 Å². The first-order chi connectivity index (χ1) is 14.7. The number of benzene rings is 1. The number of anilines is 1. The summed E-state index contributed by atoms with van der Waals surface area (Å²) < 4.78 is 42.1. The number of nitrogens with zero attached hydrogens (tertiary/aromatic N) is 2. The van der Waals surface area contributed by atoms with Gasteiger partial charge in [-0.05, 0) is 31.9 Å². The van der Waals surface area contributed by atoms with Gasteiger partial charge in [-0.15, -0.1) is 0 Å². The predicted octanol–water partition coefficient (Wildman–Crippen LogP) is 2.79. The first-order valence-corrected chi connectivity index (χ1v) is 11.7. The number of ether oxygens (including phenoxy) is 1. The summed E-state index contributed by atoms with van der Waals surface area (Å²) in [7, 11) is -1.85. The van der Waals surface area contributed by atoms with E-state index in [0.717, 1.165) is 24.5 Å². The molecule has 1 aliphatic rings. The number of hydrogen-bond acceptors (Lipinski definition) is 7. The maximum Gasteiger partial charge on any atom is 0.257 e. The fourth-order valence-corrected chi connectivity index (χ4v) is 3.42. The lowest BCUT2D eigenvalue weighted by molar-refractivity contribution is 0.0947. The smallest absolute Gasteiger partial charge is 0.257 e. The number of sulfone groups is 1. The van der Waals surface area contributed by atoms with Gasteiger partial charge in [0.25, 0.3) is 5.91 Å². The predicted molar refractivity (Wildman–Crippen MR) is 115 cm³/mol. The van der Waals surface area contributed by atoms with Gasteiger partial charge in [-0.2, -0.15) is 0 Å². The molecule has 0 unspecified atom stereocenters. The van der Waals surface area contributed by atoms with Gasteiger partial charge >= 0.3 is 0 Å². The Labute approximate surface area is 180 Å². The second kappa shape index (κ2) is 9.42. The molecule has 1 aromatic heterocycles. The Kier molecular flexibility index (Phi) is 6.89. The molecular weight excluding hydrogens is 423 g/mol. The van der Waals surface area contributed by atoms with Gasteiger partial charge in [0.15, 0.2) is 9.84 Å². The first kappa shape index (κ1) is 22.7. The number of nitrogens with one attached hydrogen (secondary N) is 2. The highest BCUT2D eigenvalue weighted by Crippen LogP contribution is 2.38. The molecule has 1 fully saturated rings. The lowest BCUT2D eigenvalue weighted by Crippen LogP contribution is -2.32. The maximum atomic E-state index is 14.3. The van der Waals surface area contributed by atoms with Gasteiger partial charge in [0.1, 0.15) is 28.8 Å². The molecular formula is C21H25FN4O4S. The van der Waals surface area contributed by atoms with Gasteiger partial charge in [-0.3, -0.25) is 4.79 Å². The van der Waals surface area contributed by atoms with Crippen LogP contribution in [0.15, 0.2) is 35.9 Å². The highest BCUT2D eigenvalue weighted by molar-refractivity contribution is 7.93. The van der Waals surface area contributed by atoms with Crippen LogP contribution in [0, 0.1) is 5.82 Å². The third-order valence-corrected chi connectivity index (χ3v) is 5.35.